The number of thiophene rings is 1. The lowest BCUT2D eigenvalue weighted by Gasteiger charge is -1.97. The predicted octanol–water partition coefficient (Wildman–Crippen LogP) is 1.00. The van der Waals surface area contributed by atoms with Crippen molar-refractivity contribution in [3.63, 3.8) is 0 Å². The van der Waals surface area contributed by atoms with Crippen molar-refractivity contribution < 1.29 is 0 Å². The van der Waals surface area contributed by atoms with Crippen molar-refractivity contribution in [3.8, 4) is 0 Å². The van der Waals surface area contributed by atoms with Gasteiger partial charge in [-0.3, -0.25) is 4.79 Å². The third kappa shape index (κ3) is 1.82. The molecular weight excluding hydrogens is 198 g/mol. The van der Waals surface area contributed by atoms with Crippen LogP contribution in [0.1, 0.15) is 10.7 Å². The van der Waals surface area contributed by atoms with Crippen molar-refractivity contribution in [3.05, 3.63) is 44.8 Å². The van der Waals surface area contributed by atoms with E-state index < -0.39 is 0 Å². The lowest BCUT2D eigenvalue weighted by Crippen LogP contribution is -2.15. The number of nitrogens with zero attached hydrogens (tertiary/aromatic N) is 1. The molecule has 2 rings (SSSR count). The van der Waals surface area contributed by atoms with Crippen molar-refractivity contribution in [1.29, 1.82) is 0 Å². The van der Waals surface area contributed by atoms with E-state index in [1.54, 1.807) is 11.3 Å². The van der Waals surface area contributed by atoms with Crippen molar-refractivity contribution in [2.75, 3.05) is 5.73 Å². The third-order valence-corrected chi connectivity index (χ3v) is 2.68. The first-order valence-corrected chi connectivity index (χ1v) is 5.00. The largest absolute Gasteiger partial charge is 0.393 e. The Morgan fingerprint density at radius 2 is 2.43 bits per heavy atom. The molecule has 2 heterocycles. The number of aromatic nitrogens is 2. The van der Waals surface area contributed by atoms with E-state index in [2.05, 4.69) is 9.97 Å². The monoisotopic (exact) mass is 207 g/mol. The Balaban J connectivity index is 2.26. The zero-order valence-electron chi connectivity index (χ0n) is 7.36. The summed E-state index contributed by atoms with van der Waals surface area (Å²) in [6.45, 7) is 0. The maximum atomic E-state index is 11.2. The van der Waals surface area contributed by atoms with Crippen molar-refractivity contribution in [1.82, 2.24) is 9.97 Å². The number of nitrogen functional groups attached to an aromatic ring is 1. The molecule has 0 fully saturated rings. The first-order chi connectivity index (χ1) is 6.75. The third-order valence-electron chi connectivity index (χ3n) is 1.80. The average molecular weight is 207 g/mol. The van der Waals surface area contributed by atoms with Gasteiger partial charge in [0.25, 0.3) is 5.56 Å². The minimum atomic E-state index is -0.272. The Kier molecular flexibility index (Phi) is 2.32. The second-order valence-corrected chi connectivity index (χ2v) is 3.90. The predicted molar refractivity (Wildman–Crippen MR) is 56.4 cm³/mol. The zero-order valence-corrected chi connectivity index (χ0v) is 8.17. The molecule has 0 aliphatic rings. The average Bonchev–Trinajstić information content (AvgIpc) is 2.64. The summed E-state index contributed by atoms with van der Waals surface area (Å²) in [7, 11) is 0. The van der Waals surface area contributed by atoms with E-state index in [0.29, 0.717) is 12.2 Å². The number of rotatable bonds is 2. The summed E-state index contributed by atoms with van der Waals surface area (Å²) in [5.74, 6) is 0.645. The second kappa shape index (κ2) is 3.63. The summed E-state index contributed by atoms with van der Waals surface area (Å²) in [6, 6.07) is 3.97. The highest BCUT2D eigenvalue weighted by atomic mass is 32.1. The van der Waals surface area contributed by atoms with Gasteiger partial charge >= 0.3 is 0 Å². The summed E-state index contributed by atoms with van der Waals surface area (Å²) in [5, 5.41) is 1.99. The molecule has 0 saturated carbocycles. The van der Waals surface area contributed by atoms with Gasteiger partial charge in [0.1, 0.15) is 11.5 Å². The standard InChI is InChI=1S/C9H9N3OS/c10-7-5-11-8(12-9(7)13)4-6-2-1-3-14-6/h1-3,5H,4,10H2,(H,11,12,13). The van der Waals surface area contributed by atoms with Crippen LogP contribution in [0.2, 0.25) is 0 Å². The van der Waals surface area contributed by atoms with E-state index in [-0.39, 0.29) is 11.2 Å². The van der Waals surface area contributed by atoms with Gasteiger partial charge in [-0.1, -0.05) is 6.07 Å². The topological polar surface area (TPSA) is 71.8 Å². The van der Waals surface area contributed by atoms with Gasteiger partial charge < -0.3 is 10.7 Å². The lowest BCUT2D eigenvalue weighted by molar-refractivity contribution is 0.960. The van der Waals surface area contributed by atoms with Crippen LogP contribution in [0, 0.1) is 0 Å². The molecule has 0 unspecified atom stereocenters. The SMILES string of the molecule is Nc1cnc(Cc2cccs2)[nH]c1=O. The van der Waals surface area contributed by atoms with Gasteiger partial charge in [0.15, 0.2) is 0 Å². The number of anilines is 1. The zero-order chi connectivity index (χ0) is 9.97. The van der Waals surface area contributed by atoms with Crippen LogP contribution >= 0.6 is 11.3 Å². The number of aromatic amines is 1. The van der Waals surface area contributed by atoms with Gasteiger partial charge in [-0.2, -0.15) is 0 Å². The Morgan fingerprint density at radius 3 is 3.07 bits per heavy atom. The van der Waals surface area contributed by atoms with E-state index in [4.69, 9.17) is 5.73 Å². The molecular formula is C9H9N3OS. The van der Waals surface area contributed by atoms with E-state index >= 15 is 0 Å². The Morgan fingerprint density at radius 1 is 1.57 bits per heavy atom. The molecule has 14 heavy (non-hydrogen) atoms. The van der Waals surface area contributed by atoms with Gasteiger partial charge in [0.2, 0.25) is 0 Å². The smallest absolute Gasteiger partial charge is 0.274 e. The Bertz CT molecular complexity index is 475. The van der Waals surface area contributed by atoms with Crippen LogP contribution in [-0.2, 0) is 6.42 Å². The molecule has 0 radical (unpaired) electrons. The van der Waals surface area contributed by atoms with Crippen LogP contribution in [-0.4, -0.2) is 9.97 Å². The van der Waals surface area contributed by atoms with Crippen LogP contribution in [0.15, 0.2) is 28.5 Å². The fourth-order valence-electron chi connectivity index (χ4n) is 1.11. The van der Waals surface area contributed by atoms with Gasteiger partial charge in [-0.15, -0.1) is 11.3 Å². The molecule has 0 saturated heterocycles. The summed E-state index contributed by atoms with van der Waals surface area (Å²) in [4.78, 5) is 19.0. The highest BCUT2D eigenvalue weighted by Crippen LogP contribution is 2.11. The number of hydrogen-bond acceptors (Lipinski definition) is 4. The van der Waals surface area contributed by atoms with E-state index in [1.807, 2.05) is 17.5 Å². The van der Waals surface area contributed by atoms with E-state index in [9.17, 15) is 4.79 Å². The van der Waals surface area contributed by atoms with E-state index in [1.165, 1.54) is 6.20 Å². The summed E-state index contributed by atoms with van der Waals surface area (Å²) < 4.78 is 0. The van der Waals surface area contributed by atoms with Crippen molar-refractivity contribution in [2.45, 2.75) is 6.42 Å². The van der Waals surface area contributed by atoms with Gasteiger partial charge in [0.05, 0.1) is 6.20 Å². The molecule has 0 aromatic carbocycles. The first kappa shape index (κ1) is 8.96. The molecule has 2 aromatic heterocycles. The van der Waals surface area contributed by atoms with Crippen LogP contribution in [0.5, 0.6) is 0 Å². The maximum absolute atomic E-state index is 11.2. The Hall–Kier alpha value is -1.62. The summed E-state index contributed by atoms with van der Waals surface area (Å²) in [6.07, 6.45) is 2.04. The van der Waals surface area contributed by atoms with Crippen LogP contribution in [0.3, 0.4) is 0 Å². The van der Waals surface area contributed by atoms with Crippen LogP contribution in [0.4, 0.5) is 5.69 Å². The van der Waals surface area contributed by atoms with Crippen LogP contribution in [0.25, 0.3) is 0 Å². The molecule has 3 N–H and O–H groups in total. The normalized spacial score (nSPS) is 10.3. The Labute approximate surface area is 84.4 Å². The highest BCUT2D eigenvalue weighted by molar-refractivity contribution is 7.09. The maximum Gasteiger partial charge on any atom is 0.274 e. The van der Waals surface area contributed by atoms with Gasteiger partial charge in [-0.05, 0) is 11.4 Å². The number of nitrogens with two attached hydrogens (primary N) is 1. The number of nitrogens with one attached hydrogen (secondary N) is 1. The summed E-state index contributed by atoms with van der Waals surface area (Å²) in [5.41, 5.74) is 5.24. The fourth-order valence-corrected chi connectivity index (χ4v) is 1.82. The fraction of sp³-hybridized carbons (Fsp3) is 0.111. The first-order valence-electron chi connectivity index (χ1n) is 4.12. The van der Waals surface area contributed by atoms with E-state index in [0.717, 1.165) is 4.88 Å². The number of hydrogen-bond donors (Lipinski definition) is 2. The van der Waals surface area contributed by atoms with Gasteiger partial charge in [-0.25, -0.2) is 4.98 Å². The van der Waals surface area contributed by atoms with Crippen molar-refractivity contribution in [2.24, 2.45) is 0 Å². The molecule has 0 spiro atoms. The summed E-state index contributed by atoms with van der Waals surface area (Å²) >= 11 is 1.63. The minimum absolute atomic E-state index is 0.153. The molecule has 0 amide bonds. The lowest BCUT2D eigenvalue weighted by atomic mass is 10.3. The number of H-pyrrole nitrogens is 1. The molecule has 0 aliphatic heterocycles. The molecule has 4 nitrogen and oxygen atoms in total. The van der Waals surface area contributed by atoms with Crippen LogP contribution < -0.4 is 11.3 Å². The molecule has 0 bridgehead atoms. The second-order valence-electron chi connectivity index (χ2n) is 2.87. The minimum Gasteiger partial charge on any atom is -0.393 e. The molecule has 2 aromatic rings. The molecule has 5 heteroatoms. The molecule has 72 valence electrons. The van der Waals surface area contributed by atoms with Gasteiger partial charge in [0, 0.05) is 11.3 Å². The van der Waals surface area contributed by atoms with Crippen molar-refractivity contribution >= 4 is 17.0 Å². The molecule has 0 aliphatic carbocycles. The molecule has 0 atom stereocenters. The quantitative estimate of drug-likeness (QED) is 0.771. The highest BCUT2D eigenvalue weighted by Gasteiger charge is 2.01.